The summed E-state index contributed by atoms with van der Waals surface area (Å²) >= 11 is 0. The number of hydrogen-bond acceptors (Lipinski definition) is 6. The van der Waals surface area contributed by atoms with E-state index in [2.05, 4.69) is 15.5 Å². The second-order valence-electron chi connectivity index (χ2n) is 6.67. The molecule has 0 aromatic heterocycles. The van der Waals surface area contributed by atoms with Gasteiger partial charge in [-0.25, -0.2) is 4.79 Å². The third-order valence-corrected chi connectivity index (χ3v) is 4.77. The average Bonchev–Trinajstić information content (AvgIpc) is 2.74. The van der Waals surface area contributed by atoms with Crippen LogP contribution >= 0.6 is 0 Å². The first-order chi connectivity index (χ1) is 14.1. The van der Waals surface area contributed by atoms with Crippen molar-refractivity contribution in [1.29, 1.82) is 0 Å². The van der Waals surface area contributed by atoms with Gasteiger partial charge in [-0.1, -0.05) is 12.1 Å². The van der Waals surface area contributed by atoms with Gasteiger partial charge in [0, 0.05) is 31.9 Å². The van der Waals surface area contributed by atoms with E-state index in [0.717, 1.165) is 37.6 Å². The number of carbonyl (C=O) groups excluding carboxylic acids is 2. The number of para-hydroxylation sites is 2. The van der Waals surface area contributed by atoms with E-state index in [1.165, 1.54) is 0 Å². The minimum atomic E-state index is -0.548. The summed E-state index contributed by atoms with van der Waals surface area (Å²) < 4.78 is 10.5. The van der Waals surface area contributed by atoms with E-state index in [1.807, 2.05) is 29.2 Å². The molecule has 1 aliphatic heterocycles. The lowest BCUT2D eigenvalue weighted by Gasteiger charge is -2.36. The second kappa shape index (κ2) is 9.79. The zero-order chi connectivity index (χ0) is 20.6. The van der Waals surface area contributed by atoms with Crippen LogP contribution < -0.4 is 25.0 Å². The summed E-state index contributed by atoms with van der Waals surface area (Å²) in [5.74, 6) is 1.20. The van der Waals surface area contributed by atoms with Crippen molar-refractivity contribution < 1.29 is 19.1 Å². The van der Waals surface area contributed by atoms with E-state index >= 15 is 0 Å². The van der Waals surface area contributed by atoms with Crippen LogP contribution in [0.2, 0.25) is 0 Å². The van der Waals surface area contributed by atoms with Gasteiger partial charge in [-0.3, -0.25) is 15.0 Å². The highest BCUT2D eigenvalue weighted by atomic mass is 16.5. The Morgan fingerprint density at radius 3 is 2.28 bits per heavy atom. The monoisotopic (exact) mass is 398 g/mol. The molecule has 154 valence electrons. The summed E-state index contributed by atoms with van der Waals surface area (Å²) in [7, 11) is 3.24. The Bertz CT molecular complexity index is 833. The molecule has 3 amide bonds. The van der Waals surface area contributed by atoms with Crippen molar-refractivity contribution in [3.05, 3.63) is 48.5 Å². The van der Waals surface area contributed by atoms with Crippen molar-refractivity contribution >= 4 is 23.3 Å². The SMILES string of the molecule is COc1ccc(NC(=O)NC(=O)CN2CCN(c3ccccc3OC)CC2)cc1. The molecule has 1 heterocycles. The molecule has 0 unspecified atom stereocenters. The molecular formula is C21H26N4O4. The maximum atomic E-state index is 12.2. The second-order valence-corrected chi connectivity index (χ2v) is 6.67. The van der Waals surface area contributed by atoms with Gasteiger partial charge in [0.25, 0.3) is 0 Å². The van der Waals surface area contributed by atoms with Gasteiger partial charge in [-0.05, 0) is 36.4 Å². The lowest BCUT2D eigenvalue weighted by atomic mass is 10.2. The van der Waals surface area contributed by atoms with Gasteiger partial charge >= 0.3 is 6.03 Å². The third kappa shape index (κ3) is 5.61. The summed E-state index contributed by atoms with van der Waals surface area (Å²) in [6.45, 7) is 3.20. The molecule has 2 aromatic rings. The van der Waals surface area contributed by atoms with Gasteiger partial charge in [-0.2, -0.15) is 0 Å². The number of nitrogens with zero attached hydrogens (tertiary/aromatic N) is 2. The Morgan fingerprint density at radius 1 is 0.931 bits per heavy atom. The van der Waals surface area contributed by atoms with Gasteiger partial charge in [0.1, 0.15) is 11.5 Å². The lowest BCUT2D eigenvalue weighted by molar-refractivity contribution is -0.121. The zero-order valence-electron chi connectivity index (χ0n) is 16.7. The molecule has 8 heteroatoms. The van der Waals surface area contributed by atoms with E-state index in [0.29, 0.717) is 11.4 Å². The summed E-state index contributed by atoms with van der Waals surface area (Å²) in [4.78, 5) is 28.5. The fraction of sp³-hybridized carbons (Fsp3) is 0.333. The Kier molecular flexibility index (Phi) is 6.91. The van der Waals surface area contributed by atoms with Crippen LogP contribution in [0.15, 0.2) is 48.5 Å². The molecule has 8 nitrogen and oxygen atoms in total. The van der Waals surface area contributed by atoms with Crippen molar-refractivity contribution in [3.8, 4) is 11.5 Å². The van der Waals surface area contributed by atoms with Crippen molar-refractivity contribution in [2.24, 2.45) is 0 Å². The number of carbonyl (C=O) groups is 2. The number of anilines is 2. The first-order valence-corrected chi connectivity index (χ1v) is 9.44. The number of nitrogens with one attached hydrogen (secondary N) is 2. The van der Waals surface area contributed by atoms with Crippen LogP contribution in [0.1, 0.15) is 0 Å². The maximum Gasteiger partial charge on any atom is 0.325 e. The van der Waals surface area contributed by atoms with Gasteiger partial charge in [-0.15, -0.1) is 0 Å². The summed E-state index contributed by atoms with van der Waals surface area (Å²) in [5, 5.41) is 5.01. The highest BCUT2D eigenvalue weighted by Gasteiger charge is 2.21. The number of amides is 3. The van der Waals surface area contributed by atoms with Crippen LogP contribution in [0.25, 0.3) is 0 Å². The van der Waals surface area contributed by atoms with Crippen LogP contribution in [-0.4, -0.2) is 63.8 Å². The minimum absolute atomic E-state index is 0.176. The molecule has 2 aromatic carbocycles. The first-order valence-electron chi connectivity index (χ1n) is 9.44. The molecule has 2 N–H and O–H groups in total. The van der Waals surface area contributed by atoms with E-state index in [1.54, 1.807) is 38.5 Å². The van der Waals surface area contributed by atoms with E-state index in [9.17, 15) is 9.59 Å². The maximum absolute atomic E-state index is 12.2. The van der Waals surface area contributed by atoms with Crippen molar-refractivity contribution in [3.63, 3.8) is 0 Å². The number of rotatable bonds is 6. The largest absolute Gasteiger partial charge is 0.497 e. The fourth-order valence-electron chi connectivity index (χ4n) is 3.24. The fourth-order valence-corrected chi connectivity index (χ4v) is 3.24. The Labute approximate surface area is 170 Å². The number of imide groups is 1. The van der Waals surface area contributed by atoms with E-state index in [-0.39, 0.29) is 12.5 Å². The molecule has 0 radical (unpaired) electrons. The number of urea groups is 1. The number of methoxy groups -OCH3 is 2. The predicted octanol–water partition coefficient (Wildman–Crippen LogP) is 2.17. The predicted molar refractivity (Wildman–Crippen MR) is 112 cm³/mol. The molecule has 0 saturated carbocycles. The molecule has 1 aliphatic rings. The van der Waals surface area contributed by atoms with Gasteiger partial charge in [0.15, 0.2) is 0 Å². The van der Waals surface area contributed by atoms with Crippen molar-refractivity contribution in [1.82, 2.24) is 10.2 Å². The Balaban J connectivity index is 1.43. The first kappa shape index (κ1) is 20.5. The van der Waals surface area contributed by atoms with Crippen LogP contribution in [0, 0.1) is 0 Å². The van der Waals surface area contributed by atoms with Gasteiger partial charge in [0.05, 0.1) is 26.5 Å². The quantitative estimate of drug-likeness (QED) is 0.776. The Morgan fingerprint density at radius 2 is 1.62 bits per heavy atom. The molecular weight excluding hydrogens is 372 g/mol. The normalized spacial score (nSPS) is 14.2. The number of piperazine rings is 1. The molecule has 0 spiro atoms. The molecule has 29 heavy (non-hydrogen) atoms. The van der Waals surface area contributed by atoms with Crippen molar-refractivity contribution in [2.45, 2.75) is 0 Å². The van der Waals surface area contributed by atoms with Crippen LogP contribution in [-0.2, 0) is 4.79 Å². The zero-order valence-corrected chi connectivity index (χ0v) is 16.7. The molecule has 0 atom stereocenters. The topological polar surface area (TPSA) is 83.1 Å². The van der Waals surface area contributed by atoms with Crippen LogP contribution in [0.3, 0.4) is 0 Å². The number of ether oxygens (including phenoxy) is 2. The third-order valence-electron chi connectivity index (χ3n) is 4.77. The molecule has 1 saturated heterocycles. The average molecular weight is 398 g/mol. The standard InChI is InChI=1S/C21H26N4O4/c1-28-17-9-7-16(8-10-17)22-21(27)23-20(26)15-24-11-13-25(14-12-24)18-5-3-4-6-19(18)29-2/h3-10H,11-15H2,1-2H3,(H2,22,23,26,27). The molecule has 3 rings (SSSR count). The summed E-state index contributed by atoms with van der Waals surface area (Å²) in [6, 6.07) is 14.2. The minimum Gasteiger partial charge on any atom is -0.497 e. The molecule has 1 fully saturated rings. The van der Waals surface area contributed by atoms with E-state index < -0.39 is 6.03 Å². The summed E-state index contributed by atoms with van der Waals surface area (Å²) in [6.07, 6.45) is 0. The van der Waals surface area contributed by atoms with Gasteiger partial charge in [0.2, 0.25) is 5.91 Å². The molecule has 0 aliphatic carbocycles. The highest BCUT2D eigenvalue weighted by molar-refractivity contribution is 6.01. The highest BCUT2D eigenvalue weighted by Crippen LogP contribution is 2.28. The molecule has 0 bridgehead atoms. The van der Waals surface area contributed by atoms with Crippen LogP contribution in [0.5, 0.6) is 11.5 Å². The van der Waals surface area contributed by atoms with E-state index in [4.69, 9.17) is 9.47 Å². The Hall–Kier alpha value is -3.26. The number of hydrogen-bond donors (Lipinski definition) is 2. The number of benzene rings is 2. The smallest absolute Gasteiger partial charge is 0.325 e. The lowest BCUT2D eigenvalue weighted by Crippen LogP contribution is -2.50. The summed E-state index contributed by atoms with van der Waals surface area (Å²) in [5.41, 5.74) is 1.64. The van der Waals surface area contributed by atoms with Gasteiger partial charge < -0.3 is 19.7 Å². The van der Waals surface area contributed by atoms with Crippen molar-refractivity contribution in [2.75, 3.05) is 57.2 Å². The van der Waals surface area contributed by atoms with Crippen LogP contribution in [0.4, 0.5) is 16.2 Å².